The molecule has 144 valence electrons. The Kier molecular flexibility index (Phi) is 6.51. The van der Waals surface area contributed by atoms with Crippen molar-refractivity contribution in [3.05, 3.63) is 77.9 Å². The molecule has 2 aromatic heterocycles. The first kappa shape index (κ1) is 19.3. The van der Waals surface area contributed by atoms with E-state index in [0.717, 1.165) is 24.3 Å². The zero-order valence-electron chi connectivity index (χ0n) is 16.0. The van der Waals surface area contributed by atoms with Crippen LogP contribution < -0.4 is 15.0 Å². The number of carbonyl (C=O) groups excluding carboxylic acids is 1. The minimum atomic E-state index is -0.253. The Labute approximate surface area is 164 Å². The first-order chi connectivity index (χ1) is 13.7. The van der Waals surface area contributed by atoms with E-state index in [9.17, 15) is 4.79 Å². The fraction of sp³-hybridized carbons (Fsp3) is 0.238. The van der Waals surface area contributed by atoms with Crippen LogP contribution in [0.15, 0.2) is 61.1 Å². The molecular formula is C21H23N5O2. The fourth-order valence-electron chi connectivity index (χ4n) is 2.72. The molecule has 3 rings (SSSR count). The highest BCUT2D eigenvalue weighted by Crippen LogP contribution is 2.17. The molecule has 0 atom stereocenters. The van der Waals surface area contributed by atoms with Gasteiger partial charge in [-0.15, -0.1) is 0 Å². The van der Waals surface area contributed by atoms with Crippen molar-refractivity contribution in [2.45, 2.75) is 13.0 Å². The van der Waals surface area contributed by atoms with Crippen LogP contribution in [0.4, 0.5) is 5.95 Å². The van der Waals surface area contributed by atoms with Crippen LogP contribution in [0, 0.1) is 0 Å². The summed E-state index contributed by atoms with van der Waals surface area (Å²) < 4.78 is 5.31. The van der Waals surface area contributed by atoms with Crippen molar-refractivity contribution in [3.8, 4) is 5.75 Å². The van der Waals surface area contributed by atoms with Crippen LogP contribution in [-0.2, 0) is 13.0 Å². The van der Waals surface area contributed by atoms with Gasteiger partial charge in [0, 0.05) is 44.3 Å². The number of hydrogen-bond acceptors (Lipinski definition) is 6. The topological polar surface area (TPSA) is 80.2 Å². The van der Waals surface area contributed by atoms with Gasteiger partial charge in [-0.1, -0.05) is 18.2 Å². The van der Waals surface area contributed by atoms with Gasteiger partial charge in [0.25, 0.3) is 5.91 Å². The van der Waals surface area contributed by atoms with Crippen molar-refractivity contribution >= 4 is 11.9 Å². The first-order valence-electron chi connectivity index (χ1n) is 9.00. The van der Waals surface area contributed by atoms with E-state index in [1.165, 1.54) is 5.56 Å². The summed E-state index contributed by atoms with van der Waals surface area (Å²) in [6, 6.07) is 13.2. The Morgan fingerprint density at radius 3 is 2.68 bits per heavy atom. The Morgan fingerprint density at radius 2 is 1.89 bits per heavy atom. The number of ether oxygens (including phenoxy) is 1. The van der Waals surface area contributed by atoms with Gasteiger partial charge in [-0.3, -0.25) is 9.78 Å². The number of amides is 1. The lowest BCUT2D eigenvalue weighted by atomic mass is 10.2. The summed E-state index contributed by atoms with van der Waals surface area (Å²) in [6.45, 7) is 1.09. The minimum Gasteiger partial charge on any atom is -0.496 e. The monoisotopic (exact) mass is 377 g/mol. The van der Waals surface area contributed by atoms with Gasteiger partial charge in [0.15, 0.2) is 0 Å². The summed E-state index contributed by atoms with van der Waals surface area (Å²) in [5, 5.41) is 2.88. The molecule has 1 N–H and O–H groups in total. The van der Waals surface area contributed by atoms with Crippen LogP contribution in [0.5, 0.6) is 5.75 Å². The largest absolute Gasteiger partial charge is 0.496 e. The predicted octanol–water partition coefficient (Wildman–Crippen LogP) is 2.49. The summed E-state index contributed by atoms with van der Waals surface area (Å²) in [5.74, 6) is 0.998. The summed E-state index contributed by atoms with van der Waals surface area (Å²) in [4.78, 5) is 27.1. The van der Waals surface area contributed by atoms with Crippen LogP contribution >= 0.6 is 0 Å². The first-order valence-corrected chi connectivity index (χ1v) is 9.00. The Morgan fingerprint density at radius 1 is 1.11 bits per heavy atom. The zero-order chi connectivity index (χ0) is 19.8. The van der Waals surface area contributed by atoms with Crippen molar-refractivity contribution in [1.29, 1.82) is 0 Å². The fourth-order valence-corrected chi connectivity index (χ4v) is 2.72. The highest BCUT2D eigenvalue weighted by atomic mass is 16.5. The van der Waals surface area contributed by atoms with Gasteiger partial charge < -0.3 is 15.0 Å². The maximum atomic E-state index is 12.5. The van der Waals surface area contributed by atoms with E-state index in [0.29, 0.717) is 18.2 Å². The SMILES string of the molecule is COc1ccccc1CNC(=O)c1ccnc(N(C)CCc2ccncc2)n1. The maximum Gasteiger partial charge on any atom is 0.270 e. The Balaban J connectivity index is 1.61. The number of methoxy groups -OCH3 is 1. The van der Waals surface area contributed by atoms with E-state index in [1.54, 1.807) is 31.8 Å². The van der Waals surface area contributed by atoms with E-state index < -0.39 is 0 Å². The number of aromatic nitrogens is 3. The summed E-state index contributed by atoms with van der Waals surface area (Å²) in [6.07, 6.45) is 5.99. The number of para-hydroxylation sites is 1. The third kappa shape index (κ3) is 5.03. The number of hydrogen-bond donors (Lipinski definition) is 1. The third-order valence-electron chi connectivity index (χ3n) is 4.33. The molecule has 28 heavy (non-hydrogen) atoms. The number of benzene rings is 1. The average molecular weight is 377 g/mol. The molecule has 3 aromatic rings. The van der Waals surface area contributed by atoms with Crippen molar-refractivity contribution in [3.63, 3.8) is 0 Å². The number of nitrogens with zero attached hydrogens (tertiary/aromatic N) is 4. The lowest BCUT2D eigenvalue weighted by Gasteiger charge is -2.17. The molecule has 0 aliphatic heterocycles. The average Bonchev–Trinajstić information content (AvgIpc) is 2.76. The second-order valence-corrected chi connectivity index (χ2v) is 6.26. The van der Waals surface area contributed by atoms with Gasteiger partial charge in [-0.05, 0) is 36.2 Å². The molecule has 7 nitrogen and oxygen atoms in total. The van der Waals surface area contributed by atoms with Crippen LogP contribution in [0.1, 0.15) is 21.6 Å². The lowest BCUT2D eigenvalue weighted by Crippen LogP contribution is -2.27. The number of anilines is 1. The van der Waals surface area contributed by atoms with E-state index in [-0.39, 0.29) is 5.91 Å². The molecule has 0 aliphatic carbocycles. The van der Waals surface area contributed by atoms with Crippen molar-refractivity contribution in [2.75, 3.05) is 25.6 Å². The second kappa shape index (κ2) is 9.45. The molecule has 0 saturated heterocycles. The van der Waals surface area contributed by atoms with Crippen LogP contribution in [0.3, 0.4) is 0 Å². The second-order valence-electron chi connectivity index (χ2n) is 6.26. The molecule has 2 heterocycles. The Hall–Kier alpha value is -3.48. The van der Waals surface area contributed by atoms with Gasteiger partial charge in [0.05, 0.1) is 7.11 Å². The van der Waals surface area contributed by atoms with Crippen LogP contribution in [0.25, 0.3) is 0 Å². The summed E-state index contributed by atoms with van der Waals surface area (Å²) >= 11 is 0. The standard InChI is InChI=1S/C21H23N5O2/c1-26(14-10-16-7-11-22-12-8-16)21-23-13-9-18(25-21)20(27)24-15-17-5-3-4-6-19(17)28-2/h3-9,11-13H,10,14-15H2,1-2H3,(H,24,27). The smallest absolute Gasteiger partial charge is 0.270 e. The Bertz CT molecular complexity index is 917. The molecule has 0 radical (unpaired) electrons. The number of likely N-dealkylation sites (N-methyl/N-ethyl adjacent to an activating group) is 1. The molecule has 0 aliphatic rings. The van der Waals surface area contributed by atoms with Crippen LogP contribution in [0.2, 0.25) is 0 Å². The number of carbonyl (C=O) groups is 1. The molecule has 0 unspecified atom stereocenters. The molecule has 0 bridgehead atoms. The van der Waals surface area contributed by atoms with E-state index >= 15 is 0 Å². The zero-order valence-corrected chi connectivity index (χ0v) is 16.0. The highest BCUT2D eigenvalue weighted by molar-refractivity contribution is 5.92. The molecule has 7 heteroatoms. The minimum absolute atomic E-state index is 0.253. The summed E-state index contributed by atoms with van der Waals surface area (Å²) in [5.41, 5.74) is 2.42. The van der Waals surface area contributed by atoms with E-state index in [4.69, 9.17) is 4.74 Å². The summed E-state index contributed by atoms with van der Waals surface area (Å²) in [7, 11) is 3.52. The molecular weight excluding hydrogens is 354 g/mol. The van der Waals surface area contributed by atoms with Gasteiger partial charge in [0.1, 0.15) is 11.4 Å². The lowest BCUT2D eigenvalue weighted by molar-refractivity contribution is 0.0945. The quantitative estimate of drug-likeness (QED) is 0.650. The van der Waals surface area contributed by atoms with Gasteiger partial charge >= 0.3 is 0 Å². The van der Waals surface area contributed by atoms with Crippen molar-refractivity contribution < 1.29 is 9.53 Å². The number of nitrogens with one attached hydrogen (secondary N) is 1. The van der Waals surface area contributed by atoms with Crippen LogP contribution in [-0.4, -0.2) is 41.6 Å². The van der Waals surface area contributed by atoms with Gasteiger partial charge in [-0.2, -0.15) is 0 Å². The van der Waals surface area contributed by atoms with Gasteiger partial charge in [-0.25, -0.2) is 9.97 Å². The molecule has 0 fully saturated rings. The van der Waals surface area contributed by atoms with Crippen molar-refractivity contribution in [1.82, 2.24) is 20.3 Å². The molecule has 0 saturated carbocycles. The molecule has 1 amide bonds. The van der Waals surface area contributed by atoms with Crippen molar-refractivity contribution in [2.24, 2.45) is 0 Å². The predicted molar refractivity (Wildman–Crippen MR) is 107 cm³/mol. The van der Waals surface area contributed by atoms with E-state index in [1.807, 2.05) is 48.3 Å². The van der Waals surface area contributed by atoms with Gasteiger partial charge in [0.2, 0.25) is 5.95 Å². The molecule has 1 aromatic carbocycles. The maximum absolute atomic E-state index is 12.5. The van der Waals surface area contributed by atoms with E-state index in [2.05, 4.69) is 20.3 Å². The third-order valence-corrected chi connectivity index (χ3v) is 4.33. The molecule has 0 spiro atoms. The highest BCUT2D eigenvalue weighted by Gasteiger charge is 2.12. The number of pyridine rings is 1. The number of rotatable bonds is 8. The normalized spacial score (nSPS) is 10.4.